The summed E-state index contributed by atoms with van der Waals surface area (Å²) in [4.78, 5) is 25.8. The average Bonchev–Trinajstić information content (AvgIpc) is 2.97. The number of rotatable bonds is 7. The predicted octanol–water partition coefficient (Wildman–Crippen LogP) is 4.64. The number of carboxylic acids is 1. The summed E-state index contributed by atoms with van der Waals surface area (Å²) >= 11 is 6.38. The molecule has 0 aromatic heterocycles. The Morgan fingerprint density at radius 1 is 1.24 bits per heavy atom. The molecule has 1 fully saturated rings. The van der Waals surface area contributed by atoms with Crippen LogP contribution in [0.1, 0.15) is 30.0 Å². The van der Waals surface area contributed by atoms with Crippen molar-refractivity contribution in [2.24, 2.45) is 0 Å². The van der Waals surface area contributed by atoms with Crippen molar-refractivity contribution < 1.29 is 19.4 Å². The molecule has 2 aromatic rings. The van der Waals surface area contributed by atoms with E-state index in [1.807, 2.05) is 55.5 Å². The van der Waals surface area contributed by atoms with Crippen molar-refractivity contribution in [3.63, 3.8) is 0 Å². The van der Waals surface area contributed by atoms with Crippen molar-refractivity contribution in [3.8, 4) is 5.75 Å². The van der Waals surface area contributed by atoms with Crippen LogP contribution in [0.2, 0.25) is 0 Å². The number of aliphatic carboxylic acids is 1. The van der Waals surface area contributed by atoms with Gasteiger partial charge in [-0.1, -0.05) is 78.9 Å². The van der Waals surface area contributed by atoms with Gasteiger partial charge in [0.15, 0.2) is 0 Å². The maximum atomic E-state index is 12.8. The minimum absolute atomic E-state index is 0.258. The third-order valence-corrected chi connectivity index (χ3v) is 5.86. The van der Waals surface area contributed by atoms with E-state index in [4.69, 9.17) is 17.0 Å². The lowest BCUT2D eigenvalue weighted by atomic mass is 10.1. The van der Waals surface area contributed by atoms with Gasteiger partial charge in [-0.05, 0) is 31.1 Å². The number of hydrogen-bond acceptors (Lipinski definition) is 5. The molecule has 1 N–H and O–H groups in total. The van der Waals surface area contributed by atoms with Crippen LogP contribution in [0.5, 0.6) is 5.75 Å². The van der Waals surface area contributed by atoms with Crippen LogP contribution >= 0.6 is 24.0 Å². The Morgan fingerprint density at radius 2 is 1.93 bits per heavy atom. The van der Waals surface area contributed by atoms with E-state index in [1.54, 1.807) is 13.0 Å². The Hall–Kier alpha value is -2.64. The van der Waals surface area contributed by atoms with Gasteiger partial charge < -0.3 is 9.84 Å². The fourth-order valence-electron chi connectivity index (χ4n) is 2.93. The molecule has 29 heavy (non-hydrogen) atoms. The third kappa shape index (κ3) is 4.86. The highest BCUT2D eigenvalue weighted by Gasteiger charge is 2.39. The summed E-state index contributed by atoms with van der Waals surface area (Å²) < 4.78 is 6.22. The van der Waals surface area contributed by atoms with Gasteiger partial charge in [0.05, 0.1) is 4.91 Å². The summed E-state index contributed by atoms with van der Waals surface area (Å²) in [7, 11) is 0. The normalized spacial score (nSPS) is 16.3. The maximum absolute atomic E-state index is 12.8. The topological polar surface area (TPSA) is 66.8 Å². The zero-order valence-corrected chi connectivity index (χ0v) is 17.8. The number of para-hydroxylation sites is 1. The monoisotopic (exact) mass is 427 g/mol. The molecule has 1 saturated heterocycles. The number of carboxylic acid groups (broad SMARTS) is 1. The molecule has 1 amide bonds. The second-order valence-electron chi connectivity index (χ2n) is 6.63. The molecule has 1 atom stereocenters. The molecular formula is C22H21NO4S2. The molecule has 5 nitrogen and oxygen atoms in total. The van der Waals surface area contributed by atoms with E-state index in [9.17, 15) is 14.7 Å². The van der Waals surface area contributed by atoms with E-state index in [0.717, 1.165) is 22.9 Å². The van der Waals surface area contributed by atoms with Crippen LogP contribution in [0.4, 0.5) is 0 Å². The number of aryl methyl sites for hydroxylation is 1. The summed E-state index contributed by atoms with van der Waals surface area (Å²) in [5.41, 5.74) is 2.97. The SMILES string of the molecule is CC[C@H](C(=O)O)N1C(=O)/C(=C/c2ccccc2OCc2ccc(C)cc2)SC1=S. The molecule has 150 valence electrons. The van der Waals surface area contributed by atoms with Crippen molar-refractivity contribution in [1.29, 1.82) is 0 Å². The second-order valence-corrected chi connectivity index (χ2v) is 8.30. The first-order valence-corrected chi connectivity index (χ1v) is 10.4. The van der Waals surface area contributed by atoms with Gasteiger partial charge in [-0.15, -0.1) is 0 Å². The molecule has 0 spiro atoms. The molecule has 0 unspecified atom stereocenters. The average molecular weight is 428 g/mol. The minimum atomic E-state index is -1.06. The lowest BCUT2D eigenvalue weighted by Crippen LogP contribution is -2.43. The lowest BCUT2D eigenvalue weighted by Gasteiger charge is -2.21. The molecule has 7 heteroatoms. The van der Waals surface area contributed by atoms with E-state index in [1.165, 1.54) is 10.5 Å². The fraction of sp³-hybridized carbons (Fsp3) is 0.227. The molecule has 0 radical (unpaired) electrons. The number of thioether (sulfide) groups is 1. The highest BCUT2D eigenvalue weighted by Crippen LogP contribution is 2.36. The third-order valence-electron chi connectivity index (χ3n) is 4.53. The molecule has 0 saturated carbocycles. The van der Waals surface area contributed by atoms with Gasteiger partial charge in [-0.2, -0.15) is 0 Å². The number of amides is 1. The second kappa shape index (κ2) is 9.24. The van der Waals surface area contributed by atoms with Crippen LogP contribution in [0.25, 0.3) is 6.08 Å². The largest absolute Gasteiger partial charge is 0.488 e. The van der Waals surface area contributed by atoms with Crippen LogP contribution in [0.15, 0.2) is 53.4 Å². The molecule has 0 aliphatic carbocycles. The molecule has 0 bridgehead atoms. The number of nitrogens with zero attached hydrogens (tertiary/aromatic N) is 1. The van der Waals surface area contributed by atoms with Gasteiger partial charge in [0.25, 0.3) is 5.91 Å². The van der Waals surface area contributed by atoms with Gasteiger partial charge in [0.2, 0.25) is 0 Å². The van der Waals surface area contributed by atoms with Crippen molar-refractivity contribution >= 4 is 46.3 Å². The molecule has 2 aromatic carbocycles. The number of thiocarbonyl (C=S) groups is 1. The van der Waals surface area contributed by atoms with Crippen LogP contribution in [0, 0.1) is 6.92 Å². The van der Waals surface area contributed by atoms with Crippen molar-refractivity contribution in [2.75, 3.05) is 0 Å². The van der Waals surface area contributed by atoms with E-state index >= 15 is 0 Å². The van der Waals surface area contributed by atoms with Crippen molar-refractivity contribution in [1.82, 2.24) is 4.90 Å². The number of carbonyl (C=O) groups is 2. The Kier molecular flexibility index (Phi) is 6.71. The molecule has 1 aliphatic rings. The first kappa shape index (κ1) is 21.1. The Balaban J connectivity index is 1.81. The summed E-state index contributed by atoms with van der Waals surface area (Å²) in [5, 5.41) is 9.38. The van der Waals surface area contributed by atoms with Crippen LogP contribution in [-0.2, 0) is 16.2 Å². The highest BCUT2D eigenvalue weighted by molar-refractivity contribution is 8.26. The van der Waals surface area contributed by atoms with E-state index < -0.39 is 12.0 Å². The predicted molar refractivity (Wildman–Crippen MR) is 119 cm³/mol. The quantitative estimate of drug-likeness (QED) is 0.513. The van der Waals surface area contributed by atoms with Crippen LogP contribution in [0.3, 0.4) is 0 Å². The fourth-order valence-corrected chi connectivity index (χ4v) is 4.28. The van der Waals surface area contributed by atoms with Crippen LogP contribution < -0.4 is 4.74 Å². The Labute approximate surface area is 179 Å². The smallest absolute Gasteiger partial charge is 0.326 e. The zero-order valence-electron chi connectivity index (χ0n) is 16.1. The highest BCUT2D eigenvalue weighted by atomic mass is 32.2. The van der Waals surface area contributed by atoms with Crippen molar-refractivity contribution in [3.05, 3.63) is 70.1 Å². The summed E-state index contributed by atoms with van der Waals surface area (Å²) in [6, 6.07) is 14.5. The van der Waals surface area contributed by atoms with Crippen LogP contribution in [-0.4, -0.2) is 32.2 Å². The standard InChI is InChI=1S/C22H21NO4S2/c1-3-17(21(25)26)23-20(24)19(29-22(23)28)12-16-6-4-5-7-18(16)27-13-15-10-8-14(2)9-11-15/h4-12,17H,3,13H2,1-2H3,(H,25,26)/b19-12-/t17-/m1/s1. The number of hydrogen-bond donors (Lipinski definition) is 1. The summed E-state index contributed by atoms with van der Waals surface area (Å²) in [6.45, 7) is 4.15. The molecular weight excluding hydrogens is 406 g/mol. The lowest BCUT2D eigenvalue weighted by molar-refractivity contribution is -0.145. The van der Waals surface area contributed by atoms with Gasteiger partial charge in [-0.3, -0.25) is 9.69 Å². The summed E-state index contributed by atoms with van der Waals surface area (Å²) in [5.74, 6) is -0.807. The molecule has 1 heterocycles. The number of carbonyl (C=O) groups excluding carboxylic acids is 1. The summed E-state index contributed by atoms with van der Waals surface area (Å²) in [6.07, 6.45) is 1.99. The van der Waals surface area contributed by atoms with Gasteiger partial charge in [0.1, 0.15) is 22.7 Å². The first-order valence-electron chi connectivity index (χ1n) is 9.18. The van der Waals surface area contributed by atoms with Crippen molar-refractivity contribution in [2.45, 2.75) is 32.9 Å². The van der Waals surface area contributed by atoms with E-state index in [-0.39, 0.29) is 16.6 Å². The Morgan fingerprint density at radius 3 is 2.59 bits per heavy atom. The molecule has 3 rings (SSSR count). The molecule has 1 aliphatic heterocycles. The van der Waals surface area contributed by atoms with Gasteiger partial charge >= 0.3 is 5.97 Å². The van der Waals surface area contributed by atoms with Gasteiger partial charge in [-0.25, -0.2) is 4.79 Å². The minimum Gasteiger partial charge on any atom is -0.488 e. The number of benzene rings is 2. The first-order chi connectivity index (χ1) is 13.9. The van der Waals surface area contributed by atoms with E-state index in [0.29, 0.717) is 17.3 Å². The Bertz CT molecular complexity index is 969. The zero-order chi connectivity index (χ0) is 21.0. The maximum Gasteiger partial charge on any atom is 0.326 e. The van der Waals surface area contributed by atoms with Gasteiger partial charge in [0, 0.05) is 5.56 Å². The number of ether oxygens (including phenoxy) is 1. The van der Waals surface area contributed by atoms with E-state index in [2.05, 4.69) is 0 Å².